The van der Waals surface area contributed by atoms with Crippen LogP contribution < -0.4 is 4.90 Å². The first-order valence-electron chi connectivity index (χ1n) is 7.67. The van der Waals surface area contributed by atoms with Crippen LogP contribution in [0.4, 0.5) is 5.69 Å². The second-order valence-electron chi connectivity index (χ2n) is 5.84. The minimum Gasteiger partial charge on any atom is -0.460 e. The highest BCUT2D eigenvalue weighted by molar-refractivity contribution is 6.29. The zero-order chi connectivity index (χ0) is 17.1. The first-order chi connectivity index (χ1) is 11.5. The predicted octanol–water partition coefficient (Wildman–Crippen LogP) is 3.14. The zero-order valence-electron chi connectivity index (χ0n) is 13.2. The molecule has 1 aromatic heterocycles. The molecule has 0 saturated carbocycles. The van der Waals surface area contributed by atoms with E-state index < -0.39 is 5.92 Å². The maximum atomic E-state index is 12.2. The summed E-state index contributed by atoms with van der Waals surface area (Å²) in [5, 5.41) is 0.389. The molecule has 1 aliphatic heterocycles. The highest BCUT2D eigenvalue weighted by Crippen LogP contribution is 2.26. The minimum atomic E-state index is -0.445. The number of nitrogens with zero attached hydrogens (tertiary/aromatic N) is 2. The Morgan fingerprint density at radius 2 is 2.04 bits per heavy atom. The fourth-order valence-electron chi connectivity index (χ4n) is 2.60. The summed E-state index contributed by atoms with van der Waals surface area (Å²) < 4.78 is 5.30. The second kappa shape index (κ2) is 7.01. The molecule has 0 bridgehead atoms. The van der Waals surface area contributed by atoms with Crippen molar-refractivity contribution in [2.75, 3.05) is 11.4 Å². The van der Waals surface area contributed by atoms with E-state index in [2.05, 4.69) is 4.98 Å². The first kappa shape index (κ1) is 16.5. The fraction of sp³-hybridized carbons (Fsp3) is 0.278. The molecule has 0 unspecified atom stereocenters. The summed E-state index contributed by atoms with van der Waals surface area (Å²) in [5.74, 6) is -0.874. The highest BCUT2D eigenvalue weighted by atomic mass is 35.5. The van der Waals surface area contributed by atoms with Crippen LogP contribution in [0, 0.1) is 12.8 Å². The lowest BCUT2D eigenvalue weighted by molar-refractivity contribution is -0.149. The van der Waals surface area contributed by atoms with Gasteiger partial charge in [-0.15, -0.1) is 0 Å². The number of esters is 1. The average Bonchev–Trinajstić information content (AvgIpc) is 2.97. The van der Waals surface area contributed by atoms with Gasteiger partial charge in [-0.25, -0.2) is 4.98 Å². The van der Waals surface area contributed by atoms with Gasteiger partial charge in [0.25, 0.3) is 0 Å². The van der Waals surface area contributed by atoms with Crippen molar-refractivity contribution in [3.8, 4) is 0 Å². The van der Waals surface area contributed by atoms with E-state index in [0.29, 0.717) is 11.7 Å². The third-order valence-corrected chi connectivity index (χ3v) is 4.20. The largest absolute Gasteiger partial charge is 0.460 e. The molecule has 1 amide bonds. The van der Waals surface area contributed by atoms with Gasteiger partial charge in [-0.1, -0.05) is 35.4 Å². The van der Waals surface area contributed by atoms with Crippen LogP contribution in [0.1, 0.15) is 17.5 Å². The molecule has 0 radical (unpaired) electrons. The molecule has 0 N–H and O–H groups in total. The average molecular weight is 345 g/mol. The monoisotopic (exact) mass is 344 g/mol. The summed E-state index contributed by atoms with van der Waals surface area (Å²) in [7, 11) is 0. The second-order valence-corrected chi connectivity index (χ2v) is 6.23. The number of benzene rings is 1. The lowest BCUT2D eigenvalue weighted by Gasteiger charge is -2.16. The molecule has 1 aliphatic rings. The third-order valence-electron chi connectivity index (χ3n) is 3.97. The number of carbonyl (C=O) groups excluding carboxylic acids is 2. The molecule has 5 nitrogen and oxygen atoms in total. The first-order valence-corrected chi connectivity index (χ1v) is 8.05. The standard InChI is InChI=1S/C18H17ClN2O3/c1-12-2-5-15(6-3-12)21-10-14(8-17(21)22)18(23)24-11-13-4-7-16(19)20-9-13/h2-7,9,14H,8,10-11H2,1H3/t14-/m0/s1. The van der Waals surface area contributed by atoms with Crippen molar-refractivity contribution in [3.05, 3.63) is 58.9 Å². The van der Waals surface area contributed by atoms with Crippen molar-refractivity contribution in [3.63, 3.8) is 0 Å². The van der Waals surface area contributed by atoms with Crippen LogP contribution >= 0.6 is 11.6 Å². The molecule has 0 aliphatic carbocycles. The van der Waals surface area contributed by atoms with Gasteiger partial charge in [0.05, 0.1) is 5.92 Å². The molecule has 2 heterocycles. The molecule has 3 rings (SSSR count). The number of aromatic nitrogens is 1. The van der Waals surface area contributed by atoms with Crippen molar-refractivity contribution in [1.29, 1.82) is 0 Å². The Morgan fingerprint density at radius 3 is 2.71 bits per heavy atom. The number of rotatable bonds is 4. The van der Waals surface area contributed by atoms with Gasteiger partial charge < -0.3 is 9.64 Å². The lowest BCUT2D eigenvalue weighted by Crippen LogP contribution is -2.26. The molecular formula is C18H17ClN2O3. The quantitative estimate of drug-likeness (QED) is 0.631. The van der Waals surface area contributed by atoms with Crippen LogP contribution in [0.3, 0.4) is 0 Å². The summed E-state index contributed by atoms with van der Waals surface area (Å²) in [6.45, 7) is 2.46. The SMILES string of the molecule is Cc1ccc(N2C[C@@H](C(=O)OCc3ccc(Cl)nc3)CC2=O)cc1. The molecule has 2 aromatic rings. The summed E-state index contributed by atoms with van der Waals surface area (Å²) in [5.41, 5.74) is 2.69. The van der Waals surface area contributed by atoms with Crippen molar-refractivity contribution in [1.82, 2.24) is 4.98 Å². The third kappa shape index (κ3) is 3.74. The van der Waals surface area contributed by atoms with Crippen molar-refractivity contribution in [2.45, 2.75) is 20.0 Å². The Bertz CT molecular complexity index is 744. The highest BCUT2D eigenvalue weighted by Gasteiger charge is 2.36. The van der Waals surface area contributed by atoms with Crippen LogP contribution in [0.5, 0.6) is 0 Å². The van der Waals surface area contributed by atoms with E-state index in [4.69, 9.17) is 16.3 Å². The number of halogens is 1. The van der Waals surface area contributed by atoms with Crippen LogP contribution in [-0.4, -0.2) is 23.4 Å². The van der Waals surface area contributed by atoms with Crippen LogP contribution in [0.2, 0.25) is 5.15 Å². The molecule has 24 heavy (non-hydrogen) atoms. The Kier molecular flexibility index (Phi) is 4.81. The smallest absolute Gasteiger partial charge is 0.311 e. The normalized spacial score (nSPS) is 17.2. The van der Waals surface area contributed by atoms with Gasteiger partial charge in [0, 0.05) is 30.4 Å². The summed E-state index contributed by atoms with van der Waals surface area (Å²) in [6, 6.07) is 11.1. The number of hydrogen-bond acceptors (Lipinski definition) is 4. The van der Waals surface area contributed by atoms with E-state index >= 15 is 0 Å². The van der Waals surface area contributed by atoms with Gasteiger partial charge in [-0.3, -0.25) is 9.59 Å². The zero-order valence-corrected chi connectivity index (χ0v) is 14.0. The van der Waals surface area contributed by atoms with Crippen molar-refractivity contribution < 1.29 is 14.3 Å². The van der Waals surface area contributed by atoms with Gasteiger partial charge in [-0.05, 0) is 25.1 Å². The van der Waals surface area contributed by atoms with Gasteiger partial charge in [-0.2, -0.15) is 0 Å². The van der Waals surface area contributed by atoms with E-state index in [9.17, 15) is 9.59 Å². The lowest BCUT2D eigenvalue weighted by atomic mass is 10.1. The molecule has 1 fully saturated rings. The van der Waals surface area contributed by atoms with E-state index in [1.165, 1.54) is 0 Å². The van der Waals surface area contributed by atoms with E-state index in [-0.39, 0.29) is 24.9 Å². The van der Waals surface area contributed by atoms with Crippen molar-refractivity contribution >= 4 is 29.2 Å². The molecule has 124 valence electrons. The number of anilines is 1. The van der Waals surface area contributed by atoms with Gasteiger partial charge in [0.15, 0.2) is 0 Å². The number of amides is 1. The van der Waals surface area contributed by atoms with E-state index in [1.54, 1.807) is 23.2 Å². The topological polar surface area (TPSA) is 59.5 Å². The van der Waals surface area contributed by atoms with Crippen LogP contribution in [-0.2, 0) is 20.9 Å². The Labute approximate surface area is 145 Å². The molecule has 1 saturated heterocycles. The maximum Gasteiger partial charge on any atom is 0.311 e. The van der Waals surface area contributed by atoms with Gasteiger partial charge >= 0.3 is 5.97 Å². The summed E-state index contributed by atoms with van der Waals surface area (Å²) in [4.78, 5) is 30.0. The molecule has 1 atom stereocenters. The minimum absolute atomic E-state index is 0.0611. The van der Waals surface area contributed by atoms with Crippen molar-refractivity contribution in [2.24, 2.45) is 5.92 Å². The predicted molar refractivity (Wildman–Crippen MR) is 90.7 cm³/mol. The Morgan fingerprint density at radius 1 is 1.29 bits per heavy atom. The van der Waals surface area contributed by atoms with Crippen LogP contribution in [0.25, 0.3) is 0 Å². The molecule has 6 heteroatoms. The molecule has 0 spiro atoms. The number of ether oxygens (including phenoxy) is 1. The molecular weight excluding hydrogens is 328 g/mol. The van der Waals surface area contributed by atoms with Gasteiger partial charge in [0.2, 0.25) is 5.91 Å². The summed E-state index contributed by atoms with van der Waals surface area (Å²) in [6.07, 6.45) is 1.74. The number of aryl methyl sites for hydroxylation is 1. The molecule has 1 aromatic carbocycles. The fourth-order valence-corrected chi connectivity index (χ4v) is 2.72. The van der Waals surface area contributed by atoms with Crippen LogP contribution in [0.15, 0.2) is 42.6 Å². The Hall–Kier alpha value is -2.40. The van der Waals surface area contributed by atoms with E-state index in [0.717, 1.165) is 16.8 Å². The number of carbonyl (C=O) groups is 2. The summed E-state index contributed by atoms with van der Waals surface area (Å²) >= 11 is 5.72. The van der Waals surface area contributed by atoms with E-state index in [1.807, 2.05) is 31.2 Å². The maximum absolute atomic E-state index is 12.2. The number of pyridine rings is 1. The Balaban J connectivity index is 1.59. The van der Waals surface area contributed by atoms with Gasteiger partial charge in [0.1, 0.15) is 11.8 Å². The number of hydrogen-bond donors (Lipinski definition) is 0.